The summed E-state index contributed by atoms with van der Waals surface area (Å²) in [6.45, 7) is 0. The smallest absolute Gasteiger partial charge is 0.145 e. The molecule has 0 saturated heterocycles. The van der Waals surface area contributed by atoms with Crippen molar-refractivity contribution in [2.24, 2.45) is 0 Å². The summed E-state index contributed by atoms with van der Waals surface area (Å²) < 4.78 is 1.10. The lowest BCUT2D eigenvalue weighted by Crippen LogP contribution is -1.81. The summed E-state index contributed by atoms with van der Waals surface area (Å²) in [5.74, 6) is 0.523. The summed E-state index contributed by atoms with van der Waals surface area (Å²) in [4.78, 5) is 1.13. The minimum absolute atomic E-state index is 0. The van der Waals surface area contributed by atoms with E-state index in [1.54, 1.807) is 11.3 Å². The van der Waals surface area contributed by atoms with Gasteiger partial charge in [-0.1, -0.05) is 0 Å². The van der Waals surface area contributed by atoms with Crippen LogP contribution in [0.5, 0.6) is 0 Å². The molecule has 6 heteroatoms. The topological polar surface area (TPSA) is 54.7 Å². The number of hydrogen-bond donors (Lipinski definition) is 2. The first-order valence-electron chi connectivity index (χ1n) is 3.32. The molecule has 0 radical (unpaired) electrons. The minimum Gasteiger partial charge on any atom is -0.382 e. The Balaban J connectivity index is 0.000000845. The maximum Gasteiger partial charge on any atom is 0.145 e. The quantitative estimate of drug-likeness (QED) is 0.844. The molecule has 0 amide bonds. The molecule has 0 bridgehead atoms. The Morgan fingerprint density at radius 1 is 1.46 bits per heavy atom. The number of nitrogen functional groups attached to an aromatic ring is 1. The van der Waals surface area contributed by atoms with Crippen LogP contribution in [0.1, 0.15) is 0 Å². The second-order valence-electron chi connectivity index (χ2n) is 2.31. The fourth-order valence-corrected chi connectivity index (χ4v) is 2.27. The number of rotatable bonds is 1. The third kappa shape index (κ3) is 2.24. The van der Waals surface area contributed by atoms with E-state index >= 15 is 0 Å². The first-order valence-corrected chi connectivity index (χ1v) is 4.93. The zero-order valence-electron chi connectivity index (χ0n) is 6.45. The van der Waals surface area contributed by atoms with Gasteiger partial charge in [0.05, 0.1) is 14.4 Å². The van der Waals surface area contributed by atoms with Gasteiger partial charge in [0.1, 0.15) is 5.82 Å². The molecule has 70 valence electrons. The van der Waals surface area contributed by atoms with E-state index in [1.165, 1.54) is 0 Å². The molecular weight excluding hydrogens is 274 g/mol. The Bertz CT molecular complexity index is 360. The van der Waals surface area contributed by atoms with Crippen molar-refractivity contribution in [1.29, 1.82) is 0 Å². The van der Waals surface area contributed by atoms with Gasteiger partial charge in [-0.25, -0.2) is 0 Å². The molecule has 3 N–H and O–H groups in total. The number of anilines is 1. The number of halogens is 2. The molecule has 2 rings (SSSR count). The standard InChI is InChI=1S/C7H6BrN3S.ClH/c8-6-2-1-5(12-6)4-3-7(9)11-10-4;/h1-3H,(H3,9,10,11);1H. The molecule has 2 aromatic rings. The van der Waals surface area contributed by atoms with E-state index in [0.717, 1.165) is 14.4 Å². The highest BCUT2D eigenvalue weighted by molar-refractivity contribution is 9.11. The number of thiophene rings is 1. The summed E-state index contributed by atoms with van der Waals surface area (Å²) in [5, 5.41) is 6.70. The molecule has 0 aliphatic rings. The average molecular weight is 281 g/mol. The van der Waals surface area contributed by atoms with E-state index in [9.17, 15) is 0 Å². The van der Waals surface area contributed by atoms with Crippen LogP contribution in [-0.4, -0.2) is 10.2 Å². The van der Waals surface area contributed by atoms with Crippen LogP contribution in [0.2, 0.25) is 0 Å². The summed E-state index contributed by atoms with van der Waals surface area (Å²) >= 11 is 5.03. The number of nitrogens with zero attached hydrogens (tertiary/aromatic N) is 1. The van der Waals surface area contributed by atoms with Crippen molar-refractivity contribution in [3.05, 3.63) is 22.0 Å². The normalized spacial score (nSPS) is 9.62. The molecule has 0 atom stereocenters. The maximum absolute atomic E-state index is 5.47. The molecule has 3 nitrogen and oxygen atoms in total. The van der Waals surface area contributed by atoms with Gasteiger partial charge in [-0.05, 0) is 28.1 Å². The molecular formula is C7H7BrClN3S. The predicted molar refractivity (Wildman–Crippen MR) is 61.3 cm³/mol. The predicted octanol–water partition coefficient (Wildman–Crippen LogP) is 2.90. The van der Waals surface area contributed by atoms with Gasteiger partial charge in [0.25, 0.3) is 0 Å². The summed E-state index contributed by atoms with van der Waals surface area (Å²) in [7, 11) is 0. The molecule has 13 heavy (non-hydrogen) atoms. The lowest BCUT2D eigenvalue weighted by Gasteiger charge is -1.85. The molecule has 0 saturated carbocycles. The summed E-state index contributed by atoms with van der Waals surface area (Å²) in [6.07, 6.45) is 0. The number of H-pyrrole nitrogens is 1. The summed E-state index contributed by atoms with van der Waals surface area (Å²) in [5.41, 5.74) is 6.43. The molecule has 2 aromatic heterocycles. The lowest BCUT2D eigenvalue weighted by molar-refractivity contribution is 1.11. The van der Waals surface area contributed by atoms with Crippen LogP contribution in [0.4, 0.5) is 5.82 Å². The van der Waals surface area contributed by atoms with E-state index in [2.05, 4.69) is 26.1 Å². The second kappa shape index (κ2) is 4.13. The highest BCUT2D eigenvalue weighted by Crippen LogP contribution is 2.30. The van der Waals surface area contributed by atoms with Crippen LogP contribution < -0.4 is 5.73 Å². The average Bonchev–Trinajstić information content (AvgIpc) is 2.58. The van der Waals surface area contributed by atoms with Crippen molar-refractivity contribution in [1.82, 2.24) is 10.2 Å². The van der Waals surface area contributed by atoms with Crippen LogP contribution in [-0.2, 0) is 0 Å². The SMILES string of the molecule is Cl.Nc1cc(-c2ccc(Br)s2)[nH]n1. The first kappa shape index (κ1) is 10.6. The Morgan fingerprint density at radius 3 is 2.69 bits per heavy atom. The number of aromatic amines is 1. The number of aromatic nitrogens is 2. The minimum atomic E-state index is 0. The fraction of sp³-hybridized carbons (Fsp3) is 0. The second-order valence-corrected chi connectivity index (χ2v) is 4.77. The summed E-state index contributed by atoms with van der Waals surface area (Å²) in [6, 6.07) is 5.83. The van der Waals surface area contributed by atoms with E-state index in [-0.39, 0.29) is 12.4 Å². The van der Waals surface area contributed by atoms with Crippen molar-refractivity contribution in [2.45, 2.75) is 0 Å². The Kier molecular flexibility index (Phi) is 3.35. The third-order valence-corrected chi connectivity index (χ3v) is 3.09. The molecule has 0 aliphatic carbocycles. The van der Waals surface area contributed by atoms with E-state index in [4.69, 9.17) is 5.73 Å². The zero-order chi connectivity index (χ0) is 8.55. The van der Waals surface area contributed by atoms with E-state index in [1.807, 2.05) is 18.2 Å². The molecule has 0 unspecified atom stereocenters. The van der Waals surface area contributed by atoms with Gasteiger partial charge >= 0.3 is 0 Å². The van der Waals surface area contributed by atoms with Crippen molar-refractivity contribution in [3.8, 4) is 10.6 Å². The van der Waals surface area contributed by atoms with Gasteiger partial charge in [0.2, 0.25) is 0 Å². The molecule has 0 aromatic carbocycles. The highest BCUT2D eigenvalue weighted by Gasteiger charge is 2.03. The Morgan fingerprint density at radius 2 is 2.23 bits per heavy atom. The third-order valence-electron chi connectivity index (χ3n) is 1.44. The van der Waals surface area contributed by atoms with Crippen LogP contribution in [0, 0.1) is 0 Å². The number of nitrogens with two attached hydrogens (primary N) is 1. The van der Waals surface area contributed by atoms with Crippen LogP contribution in [0.15, 0.2) is 22.0 Å². The van der Waals surface area contributed by atoms with Gasteiger partial charge in [-0.3, -0.25) is 5.10 Å². The highest BCUT2D eigenvalue weighted by atomic mass is 79.9. The van der Waals surface area contributed by atoms with E-state index < -0.39 is 0 Å². The Labute approximate surface area is 93.9 Å². The Hall–Kier alpha value is -0.520. The van der Waals surface area contributed by atoms with Crippen molar-refractivity contribution in [3.63, 3.8) is 0 Å². The van der Waals surface area contributed by atoms with E-state index in [0.29, 0.717) is 5.82 Å². The van der Waals surface area contributed by atoms with Crippen LogP contribution in [0.25, 0.3) is 10.6 Å². The molecule has 0 fully saturated rings. The first-order chi connectivity index (χ1) is 5.75. The van der Waals surface area contributed by atoms with Gasteiger partial charge in [0, 0.05) is 6.07 Å². The maximum atomic E-state index is 5.47. The van der Waals surface area contributed by atoms with Crippen molar-refractivity contribution in [2.75, 3.05) is 5.73 Å². The molecule has 0 aliphatic heterocycles. The molecule has 2 heterocycles. The molecule has 0 spiro atoms. The van der Waals surface area contributed by atoms with Crippen molar-refractivity contribution < 1.29 is 0 Å². The number of nitrogens with one attached hydrogen (secondary N) is 1. The van der Waals surface area contributed by atoms with Crippen LogP contribution in [0.3, 0.4) is 0 Å². The number of hydrogen-bond acceptors (Lipinski definition) is 3. The fourth-order valence-electron chi connectivity index (χ4n) is 0.922. The van der Waals surface area contributed by atoms with Crippen LogP contribution >= 0.6 is 39.7 Å². The largest absolute Gasteiger partial charge is 0.382 e. The van der Waals surface area contributed by atoms with Gasteiger partial charge < -0.3 is 5.73 Å². The zero-order valence-corrected chi connectivity index (χ0v) is 9.67. The van der Waals surface area contributed by atoms with Crippen molar-refractivity contribution >= 4 is 45.5 Å². The van der Waals surface area contributed by atoms with Gasteiger partial charge in [-0.15, -0.1) is 23.7 Å². The van der Waals surface area contributed by atoms with Gasteiger partial charge in [0.15, 0.2) is 0 Å². The monoisotopic (exact) mass is 279 g/mol. The lowest BCUT2D eigenvalue weighted by atomic mass is 10.3. The van der Waals surface area contributed by atoms with Gasteiger partial charge in [-0.2, -0.15) is 5.10 Å².